The molecular weight excluding hydrogens is 305 g/mol. The topological polar surface area (TPSA) is 50.1 Å². The fourth-order valence-electron chi connectivity index (χ4n) is 2.93. The Balaban J connectivity index is 1.66. The third kappa shape index (κ3) is 3.32. The number of aromatic nitrogens is 2. The SMILES string of the molecule is CC(NCCc1nc2c(F)cccc2n1C)c1cccc(CO)c1. The summed E-state index contributed by atoms with van der Waals surface area (Å²) in [4.78, 5) is 4.42. The minimum Gasteiger partial charge on any atom is -0.392 e. The van der Waals surface area contributed by atoms with Gasteiger partial charge in [-0.25, -0.2) is 9.37 Å². The van der Waals surface area contributed by atoms with Crippen molar-refractivity contribution in [3.63, 3.8) is 0 Å². The fraction of sp³-hybridized carbons (Fsp3) is 0.316. The van der Waals surface area contributed by atoms with E-state index in [1.54, 1.807) is 6.07 Å². The summed E-state index contributed by atoms with van der Waals surface area (Å²) >= 11 is 0. The molecule has 0 bridgehead atoms. The zero-order chi connectivity index (χ0) is 17.1. The highest BCUT2D eigenvalue weighted by Gasteiger charge is 2.11. The van der Waals surface area contributed by atoms with Gasteiger partial charge in [0.1, 0.15) is 11.3 Å². The second-order valence-corrected chi connectivity index (χ2v) is 6.02. The van der Waals surface area contributed by atoms with Gasteiger partial charge in [0.2, 0.25) is 0 Å². The average Bonchev–Trinajstić information content (AvgIpc) is 2.93. The van der Waals surface area contributed by atoms with Gasteiger partial charge < -0.3 is 15.0 Å². The van der Waals surface area contributed by atoms with Crippen molar-refractivity contribution in [2.75, 3.05) is 6.54 Å². The lowest BCUT2D eigenvalue weighted by atomic mass is 10.1. The first-order valence-corrected chi connectivity index (χ1v) is 8.13. The summed E-state index contributed by atoms with van der Waals surface area (Å²) in [5, 5.41) is 12.7. The van der Waals surface area contributed by atoms with E-state index in [-0.39, 0.29) is 18.5 Å². The number of imidazole rings is 1. The van der Waals surface area contributed by atoms with Crippen LogP contribution in [0.3, 0.4) is 0 Å². The zero-order valence-corrected chi connectivity index (χ0v) is 14.0. The highest BCUT2D eigenvalue weighted by atomic mass is 19.1. The lowest BCUT2D eigenvalue weighted by molar-refractivity contribution is 0.281. The Morgan fingerprint density at radius 1 is 1.25 bits per heavy atom. The van der Waals surface area contributed by atoms with Crippen molar-refractivity contribution in [2.45, 2.75) is 26.0 Å². The molecule has 0 amide bonds. The molecule has 1 aromatic heterocycles. The minimum atomic E-state index is -0.281. The van der Waals surface area contributed by atoms with E-state index in [1.165, 1.54) is 6.07 Å². The smallest absolute Gasteiger partial charge is 0.151 e. The summed E-state index contributed by atoms with van der Waals surface area (Å²) < 4.78 is 15.8. The second kappa shape index (κ2) is 7.11. The predicted molar refractivity (Wildman–Crippen MR) is 93.2 cm³/mol. The van der Waals surface area contributed by atoms with Gasteiger partial charge in [-0.15, -0.1) is 0 Å². The Hall–Kier alpha value is -2.24. The van der Waals surface area contributed by atoms with Crippen molar-refractivity contribution < 1.29 is 9.50 Å². The Bertz CT molecular complexity index is 844. The summed E-state index contributed by atoms with van der Waals surface area (Å²) in [6.07, 6.45) is 0.717. The van der Waals surface area contributed by atoms with E-state index in [1.807, 2.05) is 41.9 Å². The van der Waals surface area contributed by atoms with Crippen molar-refractivity contribution >= 4 is 11.0 Å². The van der Waals surface area contributed by atoms with Gasteiger partial charge in [-0.2, -0.15) is 0 Å². The van der Waals surface area contributed by atoms with E-state index in [0.29, 0.717) is 11.9 Å². The molecule has 0 saturated heterocycles. The number of aliphatic hydroxyl groups is 1. The minimum absolute atomic E-state index is 0.0476. The molecule has 0 radical (unpaired) electrons. The molecule has 0 aliphatic heterocycles. The van der Waals surface area contributed by atoms with Gasteiger partial charge in [0.15, 0.2) is 5.82 Å². The molecule has 1 unspecified atom stereocenters. The maximum absolute atomic E-state index is 13.8. The second-order valence-electron chi connectivity index (χ2n) is 6.02. The number of aryl methyl sites for hydroxylation is 1. The standard InChI is InChI=1S/C19H22FN3O/c1-13(15-6-3-5-14(11-15)12-24)21-10-9-18-22-19-16(20)7-4-8-17(19)23(18)2/h3-8,11,13,21,24H,9-10,12H2,1-2H3. The van der Waals surface area contributed by atoms with Crippen LogP contribution in [0.25, 0.3) is 11.0 Å². The van der Waals surface area contributed by atoms with Gasteiger partial charge >= 0.3 is 0 Å². The molecule has 2 N–H and O–H groups in total. The van der Waals surface area contributed by atoms with Gasteiger partial charge in [-0.1, -0.05) is 30.3 Å². The van der Waals surface area contributed by atoms with Crippen LogP contribution in [0.15, 0.2) is 42.5 Å². The van der Waals surface area contributed by atoms with Crippen molar-refractivity contribution in [2.24, 2.45) is 7.05 Å². The molecule has 0 aliphatic rings. The molecule has 5 heteroatoms. The Morgan fingerprint density at radius 3 is 2.79 bits per heavy atom. The molecule has 4 nitrogen and oxygen atoms in total. The lowest BCUT2D eigenvalue weighted by Crippen LogP contribution is -2.22. The lowest BCUT2D eigenvalue weighted by Gasteiger charge is -2.15. The van der Waals surface area contributed by atoms with Gasteiger partial charge in [-0.3, -0.25) is 0 Å². The van der Waals surface area contributed by atoms with Gasteiger partial charge in [0.05, 0.1) is 12.1 Å². The van der Waals surface area contributed by atoms with E-state index in [9.17, 15) is 9.50 Å². The molecule has 0 fully saturated rings. The van der Waals surface area contributed by atoms with Gasteiger partial charge in [-0.05, 0) is 30.2 Å². The maximum atomic E-state index is 13.8. The van der Waals surface area contributed by atoms with Crippen LogP contribution in [0.4, 0.5) is 4.39 Å². The quantitative estimate of drug-likeness (QED) is 0.731. The Labute approximate surface area is 141 Å². The number of hydrogen-bond donors (Lipinski definition) is 2. The molecule has 0 saturated carbocycles. The van der Waals surface area contributed by atoms with Crippen LogP contribution in [-0.2, 0) is 20.1 Å². The highest BCUT2D eigenvalue weighted by Crippen LogP contribution is 2.18. The molecule has 24 heavy (non-hydrogen) atoms. The molecule has 1 atom stereocenters. The molecule has 0 spiro atoms. The van der Waals surface area contributed by atoms with E-state index < -0.39 is 0 Å². The fourth-order valence-corrected chi connectivity index (χ4v) is 2.93. The maximum Gasteiger partial charge on any atom is 0.151 e. The monoisotopic (exact) mass is 327 g/mol. The molecule has 0 aliphatic carbocycles. The molecule has 2 aromatic carbocycles. The Kier molecular flexibility index (Phi) is 4.92. The number of benzene rings is 2. The van der Waals surface area contributed by atoms with Crippen molar-refractivity contribution in [1.82, 2.24) is 14.9 Å². The first kappa shape index (κ1) is 16.6. The van der Waals surface area contributed by atoms with Crippen LogP contribution in [0.1, 0.15) is 29.9 Å². The van der Waals surface area contributed by atoms with Crippen LogP contribution in [-0.4, -0.2) is 21.2 Å². The Morgan fingerprint density at radius 2 is 2.04 bits per heavy atom. The van der Waals surface area contributed by atoms with Crippen molar-refractivity contribution in [1.29, 1.82) is 0 Å². The number of para-hydroxylation sites is 1. The predicted octanol–water partition coefficient (Wildman–Crippen LogP) is 3.10. The summed E-state index contributed by atoms with van der Waals surface area (Å²) in [7, 11) is 1.91. The largest absolute Gasteiger partial charge is 0.392 e. The van der Waals surface area contributed by atoms with E-state index in [0.717, 1.165) is 29.0 Å². The number of halogens is 1. The van der Waals surface area contributed by atoms with Crippen molar-refractivity contribution in [3.8, 4) is 0 Å². The molecular formula is C19H22FN3O. The molecule has 3 aromatic rings. The number of rotatable bonds is 6. The number of hydrogen-bond acceptors (Lipinski definition) is 3. The first-order chi connectivity index (χ1) is 11.6. The van der Waals surface area contributed by atoms with E-state index in [2.05, 4.69) is 17.2 Å². The molecule has 3 rings (SSSR count). The number of nitrogens with one attached hydrogen (secondary N) is 1. The molecule has 126 valence electrons. The summed E-state index contributed by atoms with van der Waals surface area (Å²) in [6, 6.07) is 13.1. The zero-order valence-electron chi connectivity index (χ0n) is 14.0. The van der Waals surface area contributed by atoms with E-state index in [4.69, 9.17) is 0 Å². The third-order valence-corrected chi connectivity index (χ3v) is 4.39. The number of aliphatic hydroxyl groups excluding tert-OH is 1. The van der Waals surface area contributed by atoms with Gasteiger partial charge in [0.25, 0.3) is 0 Å². The summed E-state index contributed by atoms with van der Waals surface area (Å²) in [5.74, 6) is 0.579. The normalized spacial score (nSPS) is 12.7. The number of fused-ring (bicyclic) bond motifs is 1. The van der Waals surface area contributed by atoms with Crippen LogP contribution in [0, 0.1) is 5.82 Å². The van der Waals surface area contributed by atoms with E-state index >= 15 is 0 Å². The van der Waals surface area contributed by atoms with Crippen LogP contribution < -0.4 is 5.32 Å². The average molecular weight is 327 g/mol. The number of nitrogens with zero attached hydrogens (tertiary/aromatic N) is 2. The summed E-state index contributed by atoms with van der Waals surface area (Å²) in [5.41, 5.74) is 3.29. The van der Waals surface area contributed by atoms with Gasteiger partial charge in [0, 0.05) is 26.1 Å². The summed E-state index contributed by atoms with van der Waals surface area (Å²) in [6.45, 7) is 2.88. The highest BCUT2D eigenvalue weighted by molar-refractivity contribution is 5.76. The van der Waals surface area contributed by atoms with Crippen LogP contribution in [0.2, 0.25) is 0 Å². The van der Waals surface area contributed by atoms with Crippen LogP contribution in [0.5, 0.6) is 0 Å². The third-order valence-electron chi connectivity index (χ3n) is 4.39. The molecule has 1 heterocycles. The van der Waals surface area contributed by atoms with Crippen LogP contribution >= 0.6 is 0 Å². The van der Waals surface area contributed by atoms with Crippen molar-refractivity contribution in [3.05, 3.63) is 65.2 Å². The first-order valence-electron chi connectivity index (χ1n) is 8.13.